The molecule has 4 aliphatic rings. The second kappa shape index (κ2) is 7.89. The molecule has 5 rings (SSSR count). The SMILES string of the molecule is C[C@H]1CCC=C2C[C@H]3OC(=O)C(CN4CCN(c5ccccc5F)CC4)[C@H]3[C@H](O)[C@@]21C. The molecule has 6 heteroatoms. The molecule has 1 N–H and O–H groups in total. The van der Waals surface area contributed by atoms with E-state index in [1.807, 2.05) is 12.1 Å². The van der Waals surface area contributed by atoms with Crippen LogP contribution in [-0.2, 0) is 9.53 Å². The number of piperazine rings is 1. The Morgan fingerprint density at radius 1 is 1.23 bits per heavy atom. The Kier molecular flexibility index (Phi) is 5.33. The van der Waals surface area contributed by atoms with Gasteiger partial charge in [-0.2, -0.15) is 0 Å². The summed E-state index contributed by atoms with van der Waals surface area (Å²) >= 11 is 0. The number of carbonyl (C=O) groups is 1. The van der Waals surface area contributed by atoms with Crippen LogP contribution in [0.5, 0.6) is 0 Å². The molecule has 1 saturated carbocycles. The van der Waals surface area contributed by atoms with Gasteiger partial charge >= 0.3 is 5.97 Å². The first kappa shape index (κ1) is 21.0. The lowest BCUT2D eigenvalue weighted by Crippen LogP contribution is -2.55. The van der Waals surface area contributed by atoms with Crippen molar-refractivity contribution in [2.24, 2.45) is 23.2 Å². The molecular formula is C25H33FN2O3. The molecule has 0 aromatic heterocycles. The highest BCUT2D eigenvalue weighted by Crippen LogP contribution is 2.56. The van der Waals surface area contributed by atoms with E-state index in [-0.39, 0.29) is 35.1 Å². The molecule has 0 spiro atoms. The van der Waals surface area contributed by atoms with E-state index in [2.05, 4.69) is 29.7 Å². The second-order valence-electron chi connectivity index (χ2n) is 10.0. The standard InChI is InChI=1S/C25H33FN2O3/c1-16-6-5-7-17-14-21-22(23(29)25(16,17)2)18(24(30)31-21)15-27-10-12-28(13-11-27)20-9-4-3-8-19(20)26/h3-4,7-9,16,18,21-23,29H,5-6,10-15H2,1-2H3/t16-,18?,21+,22+,23-,25+/m0/s1. The second-order valence-corrected chi connectivity index (χ2v) is 10.0. The first-order chi connectivity index (χ1) is 14.9. The molecule has 1 aromatic rings. The number of aliphatic hydroxyl groups excluding tert-OH is 1. The Balaban J connectivity index is 1.28. The Morgan fingerprint density at radius 2 is 1.97 bits per heavy atom. The van der Waals surface area contributed by atoms with E-state index < -0.39 is 6.10 Å². The highest BCUT2D eigenvalue weighted by molar-refractivity contribution is 5.76. The zero-order valence-corrected chi connectivity index (χ0v) is 18.5. The van der Waals surface area contributed by atoms with E-state index in [4.69, 9.17) is 4.74 Å². The maximum Gasteiger partial charge on any atom is 0.311 e. The van der Waals surface area contributed by atoms with Crippen LogP contribution in [0.1, 0.15) is 33.1 Å². The van der Waals surface area contributed by atoms with Gasteiger partial charge in [0, 0.05) is 50.5 Å². The molecule has 31 heavy (non-hydrogen) atoms. The summed E-state index contributed by atoms with van der Waals surface area (Å²) in [5, 5.41) is 11.5. The maximum atomic E-state index is 14.1. The first-order valence-electron chi connectivity index (χ1n) is 11.7. The Hall–Kier alpha value is -1.92. The fourth-order valence-electron chi connectivity index (χ4n) is 6.43. The number of hydrogen-bond acceptors (Lipinski definition) is 5. The topological polar surface area (TPSA) is 53.0 Å². The molecule has 3 fully saturated rings. The van der Waals surface area contributed by atoms with Crippen LogP contribution < -0.4 is 4.90 Å². The van der Waals surface area contributed by atoms with Crippen molar-refractivity contribution in [3.05, 3.63) is 41.7 Å². The number of halogens is 1. The van der Waals surface area contributed by atoms with Crippen molar-refractivity contribution in [1.82, 2.24) is 4.90 Å². The maximum absolute atomic E-state index is 14.1. The van der Waals surface area contributed by atoms with Crippen molar-refractivity contribution in [2.45, 2.75) is 45.3 Å². The predicted octanol–water partition coefficient (Wildman–Crippen LogP) is 3.23. The average Bonchev–Trinajstić information content (AvgIpc) is 3.06. The van der Waals surface area contributed by atoms with Gasteiger partial charge in [-0.05, 0) is 30.9 Å². The third-order valence-corrected chi connectivity index (χ3v) is 8.59. The van der Waals surface area contributed by atoms with Crippen LogP contribution >= 0.6 is 0 Å². The number of fused-ring (bicyclic) bond motifs is 2. The van der Waals surface area contributed by atoms with Crippen LogP contribution in [0.2, 0.25) is 0 Å². The number of carbonyl (C=O) groups excluding carboxylic acids is 1. The molecule has 1 aromatic carbocycles. The molecule has 168 valence electrons. The third kappa shape index (κ3) is 3.39. The summed E-state index contributed by atoms with van der Waals surface area (Å²) in [4.78, 5) is 17.2. The number of para-hydroxylation sites is 1. The number of ether oxygens (including phenoxy) is 1. The van der Waals surface area contributed by atoms with Gasteiger partial charge in [-0.25, -0.2) is 4.39 Å². The van der Waals surface area contributed by atoms with Crippen molar-refractivity contribution in [1.29, 1.82) is 0 Å². The monoisotopic (exact) mass is 428 g/mol. The van der Waals surface area contributed by atoms with Crippen molar-refractivity contribution in [3.63, 3.8) is 0 Å². The van der Waals surface area contributed by atoms with Gasteiger partial charge in [0.1, 0.15) is 11.9 Å². The largest absolute Gasteiger partial charge is 0.461 e. The lowest BCUT2D eigenvalue weighted by molar-refractivity contribution is -0.145. The van der Waals surface area contributed by atoms with E-state index in [1.165, 1.54) is 11.6 Å². The van der Waals surface area contributed by atoms with Crippen LogP contribution in [0.25, 0.3) is 0 Å². The quantitative estimate of drug-likeness (QED) is 0.592. The molecule has 0 amide bonds. The number of aliphatic hydroxyl groups is 1. The normalized spacial score (nSPS) is 38.3. The number of anilines is 1. The number of nitrogens with zero attached hydrogens (tertiary/aromatic N) is 2. The van der Waals surface area contributed by atoms with E-state index in [0.717, 1.165) is 45.4 Å². The van der Waals surface area contributed by atoms with Crippen molar-refractivity contribution in [3.8, 4) is 0 Å². The van der Waals surface area contributed by atoms with Crippen LogP contribution in [0.3, 0.4) is 0 Å². The molecule has 0 bridgehead atoms. The van der Waals surface area contributed by atoms with Crippen LogP contribution in [0.4, 0.5) is 10.1 Å². The smallest absolute Gasteiger partial charge is 0.311 e. The fourth-order valence-corrected chi connectivity index (χ4v) is 6.43. The number of hydrogen-bond donors (Lipinski definition) is 1. The van der Waals surface area contributed by atoms with Gasteiger partial charge in [0.15, 0.2) is 0 Å². The Bertz CT molecular complexity index is 881. The molecule has 2 saturated heterocycles. The lowest BCUT2D eigenvalue weighted by atomic mass is 9.55. The van der Waals surface area contributed by atoms with Gasteiger partial charge in [-0.1, -0.05) is 37.6 Å². The molecular weight excluding hydrogens is 395 g/mol. The molecule has 5 nitrogen and oxygen atoms in total. The zero-order chi connectivity index (χ0) is 21.8. The Labute approximate surface area is 183 Å². The molecule has 1 unspecified atom stereocenters. The van der Waals surface area contributed by atoms with Gasteiger partial charge in [0.05, 0.1) is 17.7 Å². The van der Waals surface area contributed by atoms with Crippen molar-refractivity contribution in [2.75, 3.05) is 37.6 Å². The summed E-state index contributed by atoms with van der Waals surface area (Å²) in [6.45, 7) is 7.99. The summed E-state index contributed by atoms with van der Waals surface area (Å²) in [6, 6.07) is 6.89. The number of esters is 1. The zero-order valence-electron chi connectivity index (χ0n) is 18.5. The van der Waals surface area contributed by atoms with Crippen LogP contribution in [0, 0.1) is 29.0 Å². The van der Waals surface area contributed by atoms with Gasteiger partial charge < -0.3 is 14.7 Å². The first-order valence-corrected chi connectivity index (χ1v) is 11.7. The number of allylic oxidation sites excluding steroid dienone is 1. The van der Waals surface area contributed by atoms with E-state index >= 15 is 0 Å². The summed E-state index contributed by atoms with van der Waals surface area (Å²) in [5.41, 5.74) is 1.64. The van der Waals surface area contributed by atoms with Gasteiger partial charge in [0.2, 0.25) is 0 Å². The summed E-state index contributed by atoms with van der Waals surface area (Å²) in [7, 11) is 0. The molecule has 6 atom stereocenters. The summed E-state index contributed by atoms with van der Waals surface area (Å²) in [6.07, 6.45) is 4.36. The predicted molar refractivity (Wildman–Crippen MR) is 117 cm³/mol. The number of benzene rings is 1. The average molecular weight is 429 g/mol. The van der Waals surface area contributed by atoms with E-state index in [1.54, 1.807) is 6.07 Å². The van der Waals surface area contributed by atoms with Gasteiger partial charge in [-0.15, -0.1) is 0 Å². The van der Waals surface area contributed by atoms with Gasteiger partial charge in [0.25, 0.3) is 0 Å². The van der Waals surface area contributed by atoms with Crippen LogP contribution in [0.15, 0.2) is 35.9 Å². The van der Waals surface area contributed by atoms with Crippen molar-refractivity contribution >= 4 is 11.7 Å². The highest BCUT2D eigenvalue weighted by atomic mass is 19.1. The minimum atomic E-state index is -0.566. The molecule has 2 heterocycles. The molecule has 0 radical (unpaired) electrons. The summed E-state index contributed by atoms with van der Waals surface area (Å²) < 4.78 is 19.9. The van der Waals surface area contributed by atoms with Gasteiger partial charge in [-0.3, -0.25) is 9.69 Å². The molecule has 2 aliphatic carbocycles. The minimum Gasteiger partial charge on any atom is -0.461 e. The van der Waals surface area contributed by atoms with E-state index in [0.29, 0.717) is 18.2 Å². The van der Waals surface area contributed by atoms with Crippen LogP contribution in [-0.4, -0.2) is 60.9 Å². The third-order valence-electron chi connectivity index (χ3n) is 8.59. The van der Waals surface area contributed by atoms with Crippen molar-refractivity contribution < 1.29 is 19.0 Å². The minimum absolute atomic E-state index is 0.153. The lowest BCUT2D eigenvalue weighted by Gasteiger charge is -2.52. The Morgan fingerprint density at radius 3 is 2.71 bits per heavy atom. The fraction of sp³-hybridized carbons (Fsp3) is 0.640. The summed E-state index contributed by atoms with van der Waals surface area (Å²) in [5.74, 6) is -0.417. The number of rotatable bonds is 3. The van der Waals surface area contributed by atoms with E-state index in [9.17, 15) is 14.3 Å². The highest BCUT2D eigenvalue weighted by Gasteiger charge is 2.59. The molecule has 2 aliphatic heterocycles.